The second-order valence-electron chi connectivity index (χ2n) is 8.30. The molecule has 3 saturated heterocycles. The fraction of sp³-hybridized carbons (Fsp3) is 1.00. The van der Waals surface area contributed by atoms with E-state index in [1.807, 2.05) is 0 Å². The van der Waals surface area contributed by atoms with Crippen molar-refractivity contribution in [3.8, 4) is 0 Å². The highest BCUT2D eigenvalue weighted by molar-refractivity contribution is 4.95. The van der Waals surface area contributed by atoms with Crippen molar-refractivity contribution in [1.29, 1.82) is 0 Å². The minimum atomic E-state index is -1.79. The molecule has 0 spiro atoms. The Labute approximate surface area is 183 Å². The van der Waals surface area contributed by atoms with Crippen molar-refractivity contribution in [2.24, 2.45) is 0 Å². The van der Waals surface area contributed by atoms with Crippen LogP contribution >= 0.6 is 0 Å². The van der Waals surface area contributed by atoms with E-state index in [-0.39, 0.29) is 0 Å². The van der Waals surface area contributed by atoms with Gasteiger partial charge in [0, 0.05) is 0 Å². The molecule has 14 nitrogen and oxygen atoms in total. The summed E-state index contributed by atoms with van der Waals surface area (Å²) >= 11 is 0. The second kappa shape index (κ2) is 10.4. The summed E-state index contributed by atoms with van der Waals surface area (Å²) in [4.78, 5) is 0. The van der Waals surface area contributed by atoms with E-state index in [4.69, 9.17) is 23.7 Å². The minimum absolute atomic E-state index is 0.708. The number of ether oxygens (including phenoxy) is 5. The van der Waals surface area contributed by atoms with E-state index < -0.39 is 98.7 Å². The van der Waals surface area contributed by atoms with E-state index >= 15 is 0 Å². The maximum Gasteiger partial charge on any atom is 0.187 e. The van der Waals surface area contributed by atoms with Crippen LogP contribution in [0.5, 0.6) is 0 Å². The molecule has 3 aliphatic heterocycles. The third kappa shape index (κ3) is 4.94. The predicted octanol–water partition coefficient (Wildman–Crippen LogP) is -5.52. The van der Waals surface area contributed by atoms with Crippen LogP contribution in [-0.2, 0) is 23.7 Å². The molecule has 0 unspecified atom stereocenters. The third-order valence-corrected chi connectivity index (χ3v) is 6.01. The SMILES string of the molecule is C[C@@H]1O[C@H](O[C@@H]2[C@@H](O[C@H]3O[C@H](CO)[C@@H](O)[C@H](O)[C@@H]3O)[C@@H](O)[C@H](O)O[C@H]2C)[C@@H](O)[C@H](O)[C@@H]1O. The first kappa shape index (κ1) is 26.1. The van der Waals surface area contributed by atoms with E-state index in [9.17, 15) is 46.0 Å². The highest BCUT2D eigenvalue weighted by Crippen LogP contribution is 2.32. The number of hydrogen-bond donors (Lipinski definition) is 9. The quantitative estimate of drug-likeness (QED) is 0.182. The van der Waals surface area contributed by atoms with Crippen LogP contribution in [0, 0.1) is 0 Å². The molecule has 0 saturated carbocycles. The fourth-order valence-corrected chi connectivity index (χ4v) is 3.96. The lowest BCUT2D eigenvalue weighted by Crippen LogP contribution is -2.66. The van der Waals surface area contributed by atoms with Gasteiger partial charge in [-0.3, -0.25) is 0 Å². The molecular weight excluding hydrogens is 440 g/mol. The molecule has 3 rings (SSSR count). The first-order valence-electron chi connectivity index (χ1n) is 10.3. The lowest BCUT2D eigenvalue weighted by molar-refractivity contribution is -0.379. The molecule has 0 aromatic rings. The zero-order chi connectivity index (χ0) is 23.9. The summed E-state index contributed by atoms with van der Waals surface area (Å²) in [6.45, 7) is 2.19. The Balaban J connectivity index is 1.79. The lowest BCUT2D eigenvalue weighted by Gasteiger charge is -2.48. The molecule has 0 aliphatic carbocycles. The van der Waals surface area contributed by atoms with Gasteiger partial charge in [-0.1, -0.05) is 0 Å². The van der Waals surface area contributed by atoms with Gasteiger partial charge in [0.15, 0.2) is 18.9 Å². The molecule has 0 aromatic carbocycles. The Morgan fingerprint density at radius 1 is 0.562 bits per heavy atom. The van der Waals surface area contributed by atoms with Gasteiger partial charge >= 0.3 is 0 Å². The molecule has 0 radical (unpaired) electrons. The average molecular weight is 472 g/mol. The Morgan fingerprint density at radius 2 is 1.09 bits per heavy atom. The van der Waals surface area contributed by atoms with Crippen LogP contribution in [0.3, 0.4) is 0 Å². The summed E-state index contributed by atoms with van der Waals surface area (Å²) in [6.07, 6.45) is -22.4. The molecule has 3 aliphatic rings. The summed E-state index contributed by atoms with van der Waals surface area (Å²) in [5, 5.41) is 90.0. The lowest BCUT2D eigenvalue weighted by atomic mass is 9.96. The Morgan fingerprint density at radius 3 is 1.69 bits per heavy atom. The summed E-state index contributed by atoms with van der Waals surface area (Å²) < 4.78 is 27.2. The summed E-state index contributed by atoms with van der Waals surface area (Å²) in [6, 6.07) is 0. The average Bonchev–Trinajstić information content (AvgIpc) is 2.76. The van der Waals surface area contributed by atoms with Crippen LogP contribution < -0.4 is 0 Å². The molecule has 14 heteroatoms. The second-order valence-corrected chi connectivity index (χ2v) is 8.30. The molecule has 15 atom stereocenters. The van der Waals surface area contributed by atoms with Gasteiger partial charge < -0.3 is 69.6 Å². The smallest absolute Gasteiger partial charge is 0.187 e. The molecule has 32 heavy (non-hydrogen) atoms. The van der Waals surface area contributed by atoms with Crippen LogP contribution in [0.2, 0.25) is 0 Å². The van der Waals surface area contributed by atoms with Crippen molar-refractivity contribution in [3.05, 3.63) is 0 Å². The molecular formula is C18H32O14. The van der Waals surface area contributed by atoms with Crippen molar-refractivity contribution < 1.29 is 69.6 Å². The van der Waals surface area contributed by atoms with E-state index in [2.05, 4.69) is 0 Å². The van der Waals surface area contributed by atoms with Gasteiger partial charge in [0.05, 0.1) is 18.8 Å². The third-order valence-electron chi connectivity index (χ3n) is 6.01. The number of aliphatic hydroxyl groups excluding tert-OH is 9. The normalized spacial score (nSPS) is 55.0. The predicted molar refractivity (Wildman–Crippen MR) is 98.4 cm³/mol. The molecule has 0 aromatic heterocycles. The first-order valence-corrected chi connectivity index (χ1v) is 10.3. The van der Waals surface area contributed by atoms with Crippen LogP contribution in [0.15, 0.2) is 0 Å². The summed E-state index contributed by atoms with van der Waals surface area (Å²) in [5.74, 6) is 0. The molecule has 0 amide bonds. The minimum Gasteiger partial charge on any atom is -0.394 e. The van der Waals surface area contributed by atoms with E-state index in [1.165, 1.54) is 13.8 Å². The number of aliphatic hydroxyl groups is 9. The Hall–Kier alpha value is -0.560. The first-order chi connectivity index (χ1) is 15.0. The van der Waals surface area contributed by atoms with Crippen LogP contribution in [0.4, 0.5) is 0 Å². The molecule has 9 N–H and O–H groups in total. The van der Waals surface area contributed by atoms with Crippen LogP contribution in [0.25, 0.3) is 0 Å². The van der Waals surface area contributed by atoms with E-state index in [0.717, 1.165) is 0 Å². The summed E-state index contributed by atoms with van der Waals surface area (Å²) in [5.41, 5.74) is 0. The zero-order valence-corrected chi connectivity index (χ0v) is 17.4. The van der Waals surface area contributed by atoms with Gasteiger partial charge in [-0.25, -0.2) is 0 Å². The highest BCUT2D eigenvalue weighted by Gasteiger charge is 2.52. The van der Waals surface area contributed by atoms with Crippen molar-refractivity contribution in [1.82, 2.24) is 0 Å². The molecule has 3 heterocycles. The van der Waals surface area contributed by atoms with Crippen LogP contribution in [0.1, 0.15) is 13.8 Å². The van der Waals surface area contributed by atoms with E-state index in [1.54, 1.807) is 0 Å². The van der Waals surface area contributed by atoms with Crippen molar-refractivity contribution in [2.75, 3.05) is 6.61 Å². The summed E-state index contributed by atoms with van der Waals surface area (Å²) in [7, 11) is 0. The zero-order valence-electron chi connectivity index (χ0n) is 17.4. The number of rotatable bonds is 5. The molecule has 0 bridgehead atoms. The van der Waals surface area contributed by atoms with Gasteiger partial charge in [-0.2, -0.15) is 0 Å². The Bertz CT molecular complexity index is 608. The maximum absolute atomic E-state index is 10.5. The van der Waals surface area contributed by atoms with Gasteiger partial charge in [-0.15, -0.1) is 0 Å². The van der Waals surface area contributed by atoms with Gasteiger partial charge in [0.25, 0.3) is 0 Å². The largest absolute Gasteiger partial charge is 0.394 e. The van der Waals surface area contributed by atoms with Crippen molar-refractivity contribution >= 4 is 0 Å². The van der Waals surface area contributed by atoms with Crippen molar-refractivity contribution in [3.63, 3.8) is 0 Å². The molecule has 188 valence electrons. The standard InChI is InChI=1S/C18H32O14/c1-4-7(20)9(22)11(24)17(29-4)31-14-5(2)28-16(27)13(26)15(14)32-18-12(25)10(23)8(21)6(3-19)30-18/h4-27H,3H2,1-2H3/t4-,5-,6+,7+,8+,9+,10-,11-,12-,13+,14-,15-,16+,17+,18+/m0/s1. The fourth-order valence-electron chi connectivity index (χ4n) is 3.96. The Kier molecular flexibility index (Phi) is 8.44. The topological polar surface area (TPSA) is 228 Å². The highest BCUT2D eigenvalue weighted by atomic mass is 16.8. The van der Waals surface area contributed by atoms with Gasteiger partial charge in [0.2, 0.25) is 0 Å². The van der Waals surface area contributed by atoms with E-state index in [0.29, 0.717) is 0 Å². The van der Waals surface area contributed by atoms with Crippen molar-refractivity contribution in [2.45, 2.75) is 106 Å². The van der Waals surface area contributed by atoms with Gasteiger partial charge in [0.1, 0.15) is 61.0 Å². The monoisotopic (exact) mass is 472 g/mol. The van der Waals surface area contributed by atoms with Gasteiger partial charge in [-0.05, 0) is 13.8 Å². The maximum atomic E-state index is 10.5. The number of hydrogen-bond acceptors (Lipinski definition) is 14. The van der Waals surface area contributed by atoms with Crippen LogP contribution in [-0.4, -0.2) is 145 Å². The molecule has 3 fully saturated rings.